The number of aliphatic hydroxyl groups excluding tert-OH is 2. The number of rotatable bonds is 3. The van der Waals surface area contributed by atoms with E-state index in [2.05, 4.69) is 0 Å². The van der Waals surface area contributed by atoms with Gasteiger partial charge < -0.3 is 10.2 Å². The molecule has 2 N–H and O–H groups in total. The Balaban J connectivity index is 1.98. The second-order valence-corrected chi connectivity index (χ2v) is 5.83. The molecule has 3 rings (SSSR count). The maximum atomic E-state index is 12.4. The van der Waals surface area contributed by atoms with E-state index in [1.807, 2.05) is 0 Å². The summed E-state index contributed by atoms with van der Waals surface area (Å²) in [6.45, 7) is 0. The Morgan fingerprint density at radius 3 is 2.04 bits per heavy atom. The second-order valence-electron chi connectivity index (χ2n) is 5.40. The van der Waals surface area contributed by atoms with Crippen LogP contribution in [0.4, 0.5) is 0 Å². The number of carbonyl (C=O) groups is 2. The van der Waals surface area contributed by atoms with Crippen molar-refractivity contribution in [2.45, 2.75) is 0 Å². The highest BCUT2D eigenvalue weighted by Crippen LogP contribution is 2.30. The van der Waals surface area contributed by atoms with Gasteiger partial charge in [0, 0.05) is 5.02 Å². The number of hydrogen-bond donors (Lipinski definition) is 2. The number of allylic oxidation sites excluding steroid dienone is 3. The minimum atomic E-state index is -0.804. The summed E-state index contributed by atoms with van der Waals surface area (Å²) >= 11 is 5.81. The van der Waals surface area contributed by atoms with E-state index in [1.165, 1.54) is 6.08 Å². The fourth-order valence-corrected chi connectivity index (χ4v) is 2.60. The Morgan fingerprint density at radius 2 is 1.40 bits per heavy atom. The summed E-state index contributed by atoms with van der Waals surface area (Å²) in [5.74, 6) is -2.96. The van der Waals surface area contributed by atoms with Crippen molar-refractivity contribution in [1.29, 1.82) is 0 Å². The van der Waals surface area contributed by atoms with Crippen molar-refractivity contribution >= 4 is 34.8 Å². The third-order valence-corrected chi connectivity index (χ3v) is 4.02. The number of ketones is 2. The molecule has 4 nitrogen and oxygen atoms in total. The number of hydrogen-bond acceptors (Lipinski definition) is 4. The maximum Gasteiger partial charge on any atom is 0.232 e. The molecule has 2 aromatic carbocycles. The molecule has 124 valence electrons. The Kier molecular flexibility index (Phi) is 4.55. The molecule has 25 heavy (non-hydrogen) atoms. The average Bonchev–Trinajstić information content (AvgIpc) is 2.63. The van der Waals surface area contributed by atoms with Crippen LogP contribution in [0.2, 0.25) is 5.02 Å². The van der Waals surface area contributed by atoms with Gasteiger partial charge in [0.2, 0.25) is 11.6 Å². The molecular formula is C20H13ClO4. The van der Waals surface area contributed by atoms with Crippen molar-refractivity contribution in [2.75, 3.05) is 0 Å². The third kappa shape index (κ3) is 3.25. The molecule has 0 fully saturated rings. The maximum absolute atomic E-state index is 12.4. The first-order valence-corrected chi connectivity index (χ1v) is 7.82. The van der Waals surface area contributed by atoms with Gasteiger partial charge in [-0.25, -0.2) is 0 Å². The first-order valence-electron chi connectivity index (χ1n) is 7.44. The van der Waals surface area contributed by atoms with Crippen molar-refractivity contribution in [1.82, 2.24) is 0 Å². The second kappa shape index (κ2) is 6.79. The zero-order valence-corrected chi connectivity index (χ0v) is 13.7. The highest BCUT2D eigenvalue weighted by atomic mass is 35.5. The molecule has 1 aliphatic carbocycles. The smallest absolute Gasteiger partial charge is 0.232 e. The van der Waals surface area contributed by atoms with E-state index < -0.39 is 23.1 Å². The first-order chi connectivity index (χ1) is 12.0. The quantitative estimate of drug-likeness (QED) is 0.808. The average molecular weight is 353 g/mol. The van der Waals surface area contributed by atoms with E-state index in [-0.39, 0.29) is 11.1 Å². The Hall–Kier alpha value is -3.11. The van der Waals surface area contributed by atoms with Crippen LogP contribution in [0.3, 0.4) is 0 Å². The van der Waals surface area contributed by atoms with Crippen LogP contribution < -0.4 is 0 Å². The summed E-state index contributed by atoms with van der Waals surface area (Å²) in [6, 6.07) is 15.0. The van der Waals surface area contributed by atoms with E-state index in [0.29, 0.717) is 10.6 Å². The molecular weight excluding hydrogens is 340 g/mol. The summed E-state index contributed by atoms with van der Waals surface area (Å²) in [6.07, 6.45) is 2.85. The van der Waals surface area contributed by atoms with Gasteiger partial charge in [0.25, 0.3) is 0 Å². The van der Waals surface area contributed by atoms with Gasteiger partial charge >= 0.3 is 0 Å². The van der Waals surface area contributed by atoms with Gasteiger partial charge in [-0.15, -0.1) is 0 Å². The molecule has 0 spiro atoms. The lowest BCUT2D eigenvalue weighted by Crippen LogP contribution is -2.22. The summed E-state index contributed by atoms with van der Waals surface area (Å²) in [4.78, 5) is 24.8. The Morgan fingerprint density at radius 1 is 0.760 bits per heavy atom. The molecule has 2 aromatic rings. The molecule has 0 aliphatic heterocycles. The lowest BCUT2D eigenvalue weighted by molar-refractivity contribution is -0.118. The van der Waals surface area contributed by atoms with E-state index in [9.17, 15) is 19.8 Å². The zero-order valence-electron chi connectivity index (χ0n) is 12.9. The number of Topliss-reactive ketones (excluding diaryl/α,β-unsaturated/α-hetero) is 2. The largest absolute Gasteiger partial charge is 0.504 e. The van der Waals surface area contributed by atoms with Crippen LogP contribution in [-0.4, -0.2) is 21.8 Å². The Labute approximate surface area is 149 Å². The van der Waals surface area contributed by atoms with E-state index in [4.69, 9.17) is 11.6 Å². The van der Waals surface area contributed by atoms with E-state index in [1.54, 1.807) is 60.7 Å². The van der Waals surface area contributed by atoms with Crippen LogP contribution in [0.25, 0.3) is 11.6 Å². The lowest BCUT2D eigenvalue weighted by Gasteiger charge is -2.16. The molecule has 0 atom stereocenters. The molecule has 0 radical (unpaired) electrons. The molecule has 0 amide bonds. The third-order valence-electron chi connectivity index (χ3n) is 3.77. The lowest BCUT2D eigenvalue weighted by atomic mass is 9.89. The molecule has 0 heterocycles. The minimum absolute atomic E-state index is 0.202. The molecule has 0 saturated carbocycles. The topological polar surface area (TPSA) is 74.6 Å². The molecule has 0 bridgehead atoms. The van der Waals surface area contributed by atoms with Crippen LogP contribution in [0, 0.1) is 0 Å². The standard InChI is InChI=1S/C20H13ClO4/c21-14-9-6-12(7-10-14)8-11-15-17(22)19(24)16(20(25)18(15)23)13-4-2-1-3-5-13/h1-11,22,25H. The monoisotopic (exact) mass is 352 g/mol. The van der Waals surface area contributed by atoms with Gasteiger partial charge in [-0.1, -0.05) is 60.1 Å². The summed E-state index contributed by atoms with van der Waals surface area (Å²) in [5, 5.41) is 20.9. The van der Waals surface area contributed by atoms with Gasteiger partial charge in [0.05, 0.1) is 11.1 Å². The summed E-state index contributed by atoms with van der Waals surface area (Å²) < 4.78 is 0. The van der Waals surface area contributed by atoms with Crippen LogP contribution in [-0.2, 0) is 9.59 Å². The van der Waals surface area contributed by atoms with Crippen molar-refractivity contribution < 1.29 is 19.8 Å². The SMILES string of the molecule is O=C1C(O)=C(c2ccccc2)C(=O)C(O)=C1C=Cc1ccc(Cl)cc1. The van der Waals surface area contributed by atoms with Crippen LogP contribution in [0.1, 0.15) is 11.1 Å². The molecule has 0 saturated heterocycles. The number of aliphatic hydroxyl groups is 2. The van der Waals surface area contributed by atoms with Crippen LogP contribution >= 0.6 is 11.6 Å². The summed E-state index contributed by atoms with van der Waals surface area (Å²) in [7, 11) is 0. The van der Waals surface area contributed by atoms with Gasteiger partial charge in [-0.3, -0.25) is 9.59 Å². The fraction of sp³-hybridized carbons (Fsp3) is 0. The van der Waals surface area contributed by atoms with Gasteiger partial charge in [-0.05, 0) is 29.3 Å². The number of benzene rings is 2. The van der Waals surface area contributed by atoms with Crippen molar-refractivity contribution in [3.63, 3.8) is 0 Å². The molecule has 0 unspecified atom stereocenters. The van der Waals surface area contributed by atoms with Crippen molar-refractivity contribution in [3.05, 3.63) is 93.9 Å². The normalized spacial score (nSPS) is 15.4. The van der Waals surface area contributed by atoms with Gasteiger partial charge in [-0.2, -0.15) is 0 Å². The van der Waals surface area contributed by atoms with Crippen LogP contribution in [0.15, 0.2) is 77.8 Å². The highest BCUT2D eigenvalue weighted by molar-refractivity contribution is 6.38. The Bertz CT molecular complexity index is 935. The zero-order chi connectivity index (χ0) is 18.0. The van der Waals surface area contributed by atoms with Gasteiger partial charge in [0.1, 0.15) is 0 Å². The predicted octanol–water partition coefficient (Wildman–Crippen LogP) is 4.29. The van der Waals surface area contributed by atoms with E-state index in [0.717, 1.165) is 5.56 Å². The van der Waals surface area contributed by atoms with Gasteiger partial charge in [0.15, 0.2) is 11.5 Å². The molecule has 1 aliphatic rings. The predicted molar refractivity (Wildman–Crippen MR) is 96.1 cm³/mol. The van der Waals surface area contributed by atoms with Crippen LogP contribution in [0.5, 0.6) is 0 Å². The highest BCUT2D eigenvalue weighted by Gasteiger charge is 2.34. The van der Waals surface area contributed by atoms with Crippen molar-refractivity contribution in [3.8, 4) is 0 Å². The first kappa shape index (κ1) is 16.7. The number of carbonyl (C=O) groups excluding carboxylic acids is 2. The van der Waals surface area contributed by atoms with E-state index >= 15 is 0 Å². The molecule has 5 heteroatoms. The fourth-order valence-electron chi connectivity index (χ4n) is 2.48. The minimum Gasteiger partial charge on any atom is -0.504 e. The number of halogens is 1. The van der Waals surface area contributed by atoms with Crippen molar-refractivity contribution in [2.24, 2.45) is 0 Å². The summed E-state index contributed by atoms with van der Waals surface area (Å²) in [5.41, 5.74) is 0.636. The molecule has 0 aromatic heterocycles.